The molecule has 0 atom stereocenters. The highest BCUT2D eigenvalue weighted by molar-refractivity contribution is 6.05. The monoisotopic (exact) mass is 608 g/mol. The lowest BCUT2D eigenvalue weighted by atomic mass is 9.99. The second-order valence-electron chi connectivity index (χ2n) is 13.4. The molecule has 0 radical (unpaired) electrons. The molecular weight excluding hydrogens is 568 g/mol. The minimum Gasteiger partial charge on any atom is -0.481 e. The number of rotatable bonds is 6. The van der Waals surface area contributed by atoms with Crippen LogP contribution < -0.4 is 4.74 Å². The van der Waals surface area contributed by atoms with E-state index in [0.717, 1.165) is 57.5 Å². The van der Waals surface area contributed by atoms with Gasteiger partial charge < -0.3 is 23.8 Å². The summed E-state index contributed by atoms with van der Waals surface area (Å²) in [6.07, 6.45) is 8.63. The SMILES string of the molecule is COc1ncccc1-c1cc(C(=O)N2Cc3cnn(C)c3C2)cc2cc(C3=CCCN(C(=O)OC(C)(C)C)C3)n(CC3CC3)c12. The maximum absolute atomic E-state index is 14.1. The molecule has 1 aromatic carbocycles. The van der Waals surface area contributed by atoms with Crippen LogP contribution in [0.1, 0.15) is 67.3 Å². The summed E-state index contributed by atoms with van der Waals surface area (Å²) in [6, 6.07) is 10.1. The first-order valence-electron chi connectivity index (χ1n) is 15.7. The Morgan fingerprint density at radius 3 is 2.60 bits per heavy atom. The summed E-state index contributed by atoms with van der Waals surface area (Å²) in [5.41, 5.74) is 7.15. The zero-order chi connectivity index (χ0) is 31.5. The van der Waals surface area contributed by atoms with Gasteiger partial charge in [-0.25, -0.2) is 9.78 Å². The largest absolute Gasteiger partial charge is 0.481 e. The van der Waals surface area contributed by atoms with E-state index in [1.807, 2.05) is 67.9 Å². The number of aryl methyl sites for hydroxylation is 1. The van der Waals surface area contributed by atoms with Crippen LogP contribution in [0.5, 0.6) is 5.88 Å². The normalized spacial score (nSPS) is 16.6. The van der Waals surface area contributed by atoms with Crippen molar-refractivity contribution in [3.8, 4) is 17.0 Å². The number of aromatic nitrogens is 4. The molecule has 0 saturated heterocycles. The lowest BCUT2D eigenvalue weighted by molar-refractivity contribution is 0.0272. The summed E-state index contributed by atoms with van der Waals surface area (Å²) in [6.45, 7) is 8.68. The van der Waals surface area contributed by atoms with Crippen LogP contribution in [-0.4, -0.2) is 66.9 Å². The number of hydrogen-bond donors (Lipinski definition) is 0. The van der Waals surface area contributed by atoms with Crippen molar-refractivity contribution in [2.24, 2.45) is 13.0 Å². The highest BCUT2D eigenvalue weighted by Gasteiger charge is 2.32. The van der Waals surface area contributed by atoms with Crippen LogP contribution in [0.3, 0.4) is 0 Å². The van der Waals surface area contributed by atoms with Gasteiger partial charge in [0.25, 0.3) is 5.91 Å². The molecule has 2 aliphatic heterocycles. The van der Waals surface area contributed by atoms with Crippen LogP contribution in [0.2, 0.25) is 0 Å². The van der Waals surface area contributed by atoms with Crippen molar-refractivity contribution in [1.29, 1.82) is 0 Å². The molecule has 10 heteroatoms. The average molecular weight is 609 g/mol. The molecule has 10 nitrogen and oxygen atoms in total. The van der Waals surface area contributed by atoms with Crippen molar-refractivity contribution < 1.29 is 19.1 Å². The summed E-state index contributed by atoms with van der Waals surface area (Å²) in [5.74, 6) is 1.07. The Kier molecular flexibility index (Phi) is 7.17. The zero-order valence-corrected chi connectivity index (χ0v) is 26.7. The van der Waals surface area contributed by atoms with Crippen molar-refractivity contribution in [3.05, 3.63) is 71.3 Å². The highest BCUT2D eigenvalue weighted by atomic mass is 16.6. The highest BCUT2D eigenvalue weighted by Crippen LogP contribution is 2.41. The Labute approximate surface area is 263 Å². The first kappa shape index (κ1) is 29.1. The molecule has 45 heavy (non-hydrogen) atoms. The molecule has 0 spiro atoms. The van der Waals surface area contributed by atoms with E-state index in [0.29, 0.717) is 43.5 Å². The molecular formula is C35H40N6O4. The fraction of sp³-hybridized carbons (Fsp3) is 0.429. The molecule has 4 aromatic rings. The van der Waals surface area contributed by atoms with E-state index in [2.05, 4.69) is 26.8 Å². The topological polar surface area (TPSA) is 94.7 Å². The number of nitrogens with zero attached hydrogens (tertiary/aromatic N) is 6. The van der Waals surface area contributed by atoms with Gasteiger partial charge in [0.1, 0.15) is 5.60 Å². The van der Waals surface area contributed by atoms with Crippen LogP contribution in [-0.2, 0) is 31.4 Å². The van der Waals surface area contributed by atoms with Crippen LogP contribution in [0.25, 0.3) is 27.6 Å². The number of amides is 2. The first-order chi connectivity index (χ1) is 21.6. The molecule has 0 bridgehead atoms. The molecule has 1 aliphatic carbocycles. The van der Waals surface area contributed by atoms with E-state index < -0.39 is 5.60 Å². The third-order valence-electron chi connectivity index (χ3n) is 8.90. The molecule has 0 N–H and O–H groups in total. The van der Waals surface area contributed by atoms with Gasteiger partial charge in [0.15, 0.2) is 0 Å². The fourth-order valence-corrected chi connectivity index (χ4v) is 6.54. The van der Waals surface area contributed by atoms with Gasteiger partial charge in [0, 0.05) is 66.2 Å². The van der Waals surface area contributed by atoms with Crippen molar-refractivity contribution >= 4 is 28.5 Å². The van der Waals surface area contributed by atoms with Crippen molar-refractivity contribution in [3.63, 3.8) is 0 Å². The number of methoxy groups -OCH3 is 1. The molecule has 1 saturated carbocycles. The predicted molar refractivity (Wildman–Crippen MR) is 172 cm³/mol. The number of benzene rings is 1. The van der Waals surface area contributed by atoms with Crippen molar-refractivity contribution in [1.82, 2.24) is 29.1 Å². The standard InChI is InChI=1S/C35H40N6O4/c1-35(2,3)45-34(43)39-13-7-8-23(19-39)29-16-24-14-25(33(42)40-20-26-17-37-38(4)30(26)21-40)15-28(27-9-6-12-36-32(27)44-5)31(24)41(29)18-22-10-11-22/h6,8-9,12,14-17,22H,7,10-11,13,18-21H2,1-5H3. The lowest BCUT2D eigenvalue weighted by Gasteiger charge is -2.30. The van der Waals surface area contributed by atoms with Gasteiger partial charge in [-0.3, -0.25) is 9.48 Å². The first-order valence-corrected chi connectivity index (χ1v) is 15.7. The van der Waals surface area contributed by atoms with Crippen molar-refractivity contribution in [2.75, 3.05) is 20.2 Å². The van der Waals surface area contributed by atoms with Crippen LogP contribution in [0.15, 0.2) is 48.8 Å². The molecule has 234 valence electrons. The summed E-state index contributed by atoms with van der Waals surface area (Å²) in [4.78, 5) is 35.4. The molecule has 3 aliphatic rings. The van der Waals surface area contributed by atoms with Gasteiger partial charge in [0.2, 0.25) is 5.88 Å². The van der Waals surface area contributed by atoms with Crippen LogP contribution >= 0.6 is 0 Å². The van der Waals surface area contributed by atoms with Gasteiger partial charge in [-0.2, -0.15) is 5.10 Å². The number of carbonyl (C=O) groups excluding carboxylic acids is 2. The molecule has 2 amide bonds. The van der Waals surface area contributed by atoms with Crippen molar-refractivity contribution in [2.45, 2.75) is 65.3 Å². The zero-order valence-electron chi connectivity index (χ0n) is 26.7. The lowest BCUT2D eigenvalue weighted by Crippen LogP contribution is -2.39. The molecule has 1 fully saturated rings. The predicted octanol–water partition coefficient (Wildman–Crippen LogP) is 6.04. The van der Waals surface area contributed by atoms with E-state index in [-0.39, 0.29) is 12.0 Å². The Morgan fingerprint density at radius 1 is 1.04 bits per heavy atom. The van der Waals surface area contributed by atoms with Gasteiger partial charge in [-0.1, -0.05) is 6.08 Å². The number of pyridine rings is 1. The van der Waals surface area contributed by atoms with Gasteiger partial charge in [0.05, 0.1) is 37.6 Å². The summed E-state index contributed by atoms with van der Waals surface area (Å²) in [7, 11) is 3.54. The smallest absolute Gasteiger partial charge is 0.410 e. The Balaban J connectivity index is 1.35. The van der Waals surface area contributed by atoms with E-state index in [9.17, 15) is 9.59 Å². The Bertz CT molecular complexity index is 1840. The third kappa shape index (κ3) is 5.58. The van der Waals surface area contributed by atoms with Crippen LogP contribution in [0.4, 0.5) is 4.79 Å². The quantitative estimate of drug-likeness (QED) is 0.265. The summed E-state index contributed by atoms with van der Waals surface area (Å²) in [5, 5.41) is 5.33. The number of fused-ring (bicyclic) bond motifs is 2. The van der Waals surface area contributed by atoms with E-state index >= 15 is 0 Å². The van der Waals surface area contributed by atoms with Gasteiger partial charge in [-0.15, -0.1) is 0 Å². The maximum atomic E-state index is 14.1. The average Bonchev–Trinajstić information content (AvgIpc) is 3.46. The van der Waals surface area contributed by atoms with E-state index in [4.69, 9.17) is 9.47 Å². The Morgan fingerprint density at radius 2 is 1.87 bits per heavy atom. The number of hydrogen-bond acceptors (Lipinski definition) is 6. The number of carbonyl (C=O) groups is 2. The van der Waals surface area contributed by atoms with Crippen LogP contribution in [0, 0.1) is 5.92 Å². The van der Waals surface area contributed by atoms with Gasteiger partial charge in [-0.05, 0) is 81.9 Å². The third-order valence-corrected chi connectivity index (χ3v) is 8.90. The fourth-order valence-electron chi connectivity index (χ4n) is 6.54. The molecule has 3 aromatic heterocycles. The maximum Gasteiger partial charge on any atom is 0.410 e. The molecule has 0 unspecified atom stereocenters. The van der Waals surface area contributed by atoms with E-state index in [1.54, 1.807) is 18.2 Å². The Hall–Kier alpha value is -4.60. The second kappa shape index (κ2) is 11.1. The minimum absolute atomic E-state index is 0.0262. The van der Waals surface area contributed by atoms with E-state index in [1.165, 1.54) is 12.8 Å². The van der Waals surface area contributed by atoms with Gasteiger partial charge >= 0.3 is 6.09 Å². The molecule has 7 rings (SSSR count). The summed E-state index contributed by atoms with van der Waals surface area (Å²) < 4.78 is 15.7. The second-order valence-corrected chi connectivity index (χ2v) is 13.4. The minimum atomic E-state index is -0.562. The summed E-state index contributed by atoms with van der Waals surface area (Å²) >= 11 is 0. The number of ether oxygens (including phenoxy) is 2. The molecule has 5 heterocycles.